The van der Waals surface area contributed by atoms with Gasteiger partial charge in [0.1, 0.15) is 0 Å². The van der Waals surface area contributed by atoms with Crippen LogP contribution in [0.25, 0.3) is 10.9 Å². The molecule has 1 fully saturated rings. The topological polar surface area (TPSA) is 38.9 Å². The second-order valence-corrected chi connectivity index (χ2v) is 6.06. The smallest absolute Gasteiger partial charge is 0.0766 e. The van der Waals surface area contributed by atoms with Crippen LogP contribution in [0.5, 0.6) is 0 Å². The molecular weight excluding hydrogens is 288 g/mol. The molecule has 0 saturated heterocycles. The minimum atomic E-state index is 0.607. The number of benzene rings is 1. The number of anilines is 1. The molecule has 2 aromatic rings. The van der Waals surface area contributed by atoms with Crippen molar-refractivity contribution in [2.45, 2.75) is 38.5 Å². The van der Waals surface area contributed by atoms with Gasteiger partial charge in [-0.15, -0.1) is 0 Å². The number of fused-ring (bicyclic) bond motifs is 1. The lowest BCUT2D eigenvalue weighted by Gasteiger charge is -2.13. The molecule has 0 amide bonds. The Morgan fingerprint density at radius 1 is 1.28 bits per heavy atom. The first kappa shape index (κ1) is 12.0. The molecule has 3 heteroatoms. The molecule has 0 radical (unpaired) electrons. The molecule has 1 aliphatic rings. The number of nitrogens with two attached hydrogens (primary N) is 1. The van der Waals surface area contributed by atoms with Gasteiger partial charge < -0.3 is 5.73 Å². The SMILES string of the molecule is Cc1ccc(Br)c2c(N)cc(C3CCCC3)nc12. The van der Waals surface area contributed by atoms with E-state index < -0.39 is 0 Å². The average Bonchev–Trinajstić information content (AvgIpc) is 2.87. The molecule has 3 rings (SSSR count). The summed E-state index contributed by atoms with van der Waals surface area (Å²) >= 11 is 3.57. The third-order valence-corrected chi connectivity index (χ3v) is 4.60. The Hall–Kier alpha value is -1.09. The van der Waals surface area contributed by atoms with Gasteiger partial charge in [-0.1, -0.05) is 34.8 Å². The van der Waals surface area contributed by atoms with E-state index in [1.54, 1.807) is 0 Å². The first-order valence-corrected chi connectivity index (χ1v) is 7.31. The number of rotatable bonds is 1. The Kier molecular flexibility index (Phi) is 3.02. The van der Waals surface area contributed by atoms with Crippen LogP contribution in [-0.2, 0) is 0 Å². The maximum Gasteiger partial charge on any atom is 0.0766 e. The number of pyridine rings is 1. The Balaban J connectivity index is 2.23. The van der Waals surface area contributed by atoms with Crippen molar-refractivity contribution >= 4 is 32.5 Å². The number of halogens is 1. The molecule has 1 aromatic carbocycles. The van der Waals surface area contributed by atoms with E-state index in [1.165, 1.54) is 36.9 Å². The normalized spacial score (nSPS) is 16.6. The number of hydrogen-bond donors (Lipinski definition) is 1. The van der Waals surface area contributed by atoms with Crippen LogP contribution in [0, 0.1) is 6.92 Å². The second kappa shape index (κ2) is 4.54. The van der Waals surface area contributed by atoms with Crippen molar-refractivity contribution in [2.75, 3.05) is 5.73 Å². The second-order valence-electron chi connectivity index (χ2n) is 5.21. The zero-order chi connectivity index (χ0) is 12.7. The average molecular weight is 305 g/mol. The zero-order valence-corrected chi connectivity index (χ0v) is 12.1. The summed E-state index contributed by atoms with van der Waals surface area (Å²) in [6, 6.07) is 6.21. The summed E-state index contributed by atoms with van der Waals surface area (Å²) < 4.78 is 1.03. The molecule has 0 atom stereocenters. The number of aromatic nitrogens is 1. The predicted molar refractivity (Wildman–Crippen MR) is 79.8 cm³/mol. The molecule has 2 N–H and O–H groups in total. The lowest BCUT2D eigenvalue weighted by molar-refractivity contribution is 0.701. The van der Waals surface area contributed by atoms with Crippen molar-refractivity contribution in [3.63, 3.8) is 0 Å². The van der Waals surface area contributed by atoms with Crippen LogP contribution in [-0.4, -0.2) is 4.98 Å². The Labute approximate surface area is 116 Å². The summed E-state index contributed by atoms with van der Waals surface area (Å²) in [4.78, 5) is 4.87. The van der Waals surface area contributed by atoms with Crippen molar-refractivity contribution in [3.8, 4) is 0 Å². The summed E-state index contributed by atoms with van der Waals surface area (Å²) in [5.74, 6) is 0.607. The third kappa shape index (κ3) is 1.91. The molecule has 0 spiro atoms. The van der Waals surface area contributed by atoms with Crippen molar-refractivity contribution < 1.29 is 0 Å². The summed E-state index contributed by atoms with van der Waals surface area (Å²) in [6.45, 7) is 2.10. The number of aryl methyl sites for hydroxylation is 1. The summed E-state index contributed by atoms with van der Waals surface area (Å²) in [5, 5.41) is 1.05. The summed E-state index contributed by atoms with van der Waals surface area (Å²) in [7, 11) is 0. The lowest BCUT2D eigenvalue weighted by atomic mass is 10.0. The minimum absolute atomic E-state index is 0.607. The van der Waals surface area contributed by atoms with Crippen LogP contribution in [0.3, 0.4) is 0 Å². The Morgan fingerprint density at radius 2 is 2.00 bits per heavy atom. The molecule has 0 unspecified atom stereocenters. The van der Waals surface area contributed by atoms with Gasteiger partial charge in [0.05, 0.1) is 5.52 Å². The minimum Gasteiger partial charge on any atom is -0.398 e. The van der Waals surface area contributed by atoms with Gasteiger partial charge in [-0.2, -0.15) is 0 Å². The maximum absolute atomic E-state index is 6.22. The number of nitrogen functional groups attached to an aromatic ring is 1. The van der Waals surface area contributed by atoms with E-state index in [9.17, 15) is 0 Å². The van der Waals surface area contributed by atoms with E-state index in [1.807, 2.05) is 6.07 Å². The molecule has 1 saturated carbocycles. The molecule has 18 heavy (non-hydrogen) atoms. The fraction of sp³-hybridized carbons (Fsp3) is 0.400. The fourth-order valence-corrected chi connectivity index (χ4v) is 3.46. The largest absolute Gasteiger partial charge is 0.398 e. The number of nitrogens with zero attached hydrogens (tertiary/aromatic N) is 1. The van der Waals surface area contributed by atoms with Crippen molar-refractivity contribution in [3.05, 3.63) is 33.9 Å². The van der Waals surface area contributed by atoms with Gasteiger partial charge >= 0.3 is 0 Å². The predicted octanol–water partition coefficient (Wildman–Crippen LogP) is 4.55. The first-order chi connectivity index (χ1) is 8.66. The quantitative estimate of drug-likeness (QED) is 0.839. The highest BCUT2D eigenvalue weighted by molar-refractivity contribution is 9.10. The van der Waals surface area contributed by atoms with Crippen LogP contribution in [0.15, 0.2) is 22.7 Å². The number of hydrogen-bond acceptors (Lipinski definition) is 2. The standard InChI is InChI=1S/C15H17BrN2/c1-9-6-7-11(16)14-12(17)8-13(18-15(9)14)10-4-2-3-5-10/h6-8,10H,2-5H2,1H3,(H2,17,18). The summed E-state index contributed by atoms with van der Waals surface area (Å²) in [6.07, 6.45) is 5.15. The molecular formula is C15H17BrN2. The molecule has 1 heterocycles. The van der Waals surface area contributed by atoms with Crippen LogP contribution < -0.4 is 5.73 Å². The van der Waals surface area contributed by atoms with Gasteiger partial charge in [0.15, 0.2) is 0 Å². The van der Waals surface area contributed by atoms with E-state index in [-0.39, 0.29) is 0 Å². The Bertz CT molecular complexity index is 601. The molecule has 1 aliphatic carbocycles. The van der Waals surface area contributed by atoms with Crippen molar-refractivity contribution in [2.24, 2.45) is 0 Å². The summed E-state index contributed by atoms with van der Waals surface area (Å²) in [5.41, 5.74) is 10.5. The highest BCUT2D eigenvalue weighted by Crippen LogP contribution is 2.37. The van der Waals surface area contributed by atoms with Crippen molar-refractivity contribution in [1.82, 2.24) is 4.98 Å². The van der Waals surface area contributed by atoms with Crippen LogP contribution in [0.1, 0.15) is 42.9 Å². The van der Waals surface area contributed by atoms with Gasteiger partial charge in [-0.3, -0.25) is 4.98 Å². The van der Waals surface area contributed by atoms with Crippen LogP contribution in [0.2, 0.25) is 0 Å². The Morgan fingerprint density at radius 3 is 2.72 bits per heavy atom. The van der Waals surface area contributed by atoms with E-state index in [0.717, 1.165) is 21.1 Å². The highest BCUT2D eigenvalue weighted by atomic mass is 79.9. The van der Waals surface area contributed by atoms with E-state index in [4.69, 9.17) is 10.7 Å². The fourth-order valence-electron chi connectivity index (χ4n) is 2.91. The van der Waals surface area contributed by atoms with Gasteiger partial charge in [-0.05, 0) is 37.5 Å². The molecule has 94 valence electrons. The first-order valence-electron chi connectivity index (χ1n) is 6.52. The monoisotopic (exact) mass is 304 g/mol. The highest BCUT2D eigenvalue weighted by Gasteiger charge is 2.20. The third-order valence-electron chi connectivity index (χ3n) is 3.94. The zero-order valence-electron chi connectivity index (χ0n) is 10.5. The van der Waals surface area contributed by atoms with E-state index in [0.29, 0.717) is 5.92 Å². The van der Waals surface area contributed by atoms with Crippen LogP contribution in [0.4, 0.5) is 5.69 Å². The molecule has 0 aliphatic heterocycles. The molecule has 1 aromatic heterocycles. The van der Waals surface area contributed by atoms with Gasteiger partial charge in [0, 0.05) is 27.2 Å². The van der Waals surface area contributed by atoms with Gasteiger partial charge in [0.2, 0.25) is 0 Å². The van der Waals surface area contributed by atoms with Crippen molar-refractivity contribution in [1.29, 1.82) is 0 Å². The lowest BCUT2D eigenvalue weighted by Crippen LogP contribution is -2.01. The van der Waals surface area contributed by atoms with E-state index in [2.05, 4.69) is 35.0 Å². The van der Waals surface area contributed by atoms with E-state index >= 15 is 0 Å². The van der Waals surface area contributed by atoms with Crippen LogP contribution >= 0.6 is 15.9 Å². The maximum atomic E-state index is 6.22. The van der Waals surface area contributed by atoms with Gasteiger partial charge in [0.25, 0.3) is 0 Å². The molecule has 2 nitrogen and oxygen atoms in total. The van der Waals surface area contributed by atoms with Gasteiger partial charge in [-0.25, -0.2) is 0 Å². The molecule has 0 bridgehead atoms.